The predicted molar refractivity (Wildman–Crippen MR) is 125 cm³/mol. The zero-order valence-corrected chi connectivity index (χ0v) is 18.8. The summed E-state index contributed by atoms with van der Waals surface area (Å²) in [6.07, 6.45) is 4.52. The molecule has 0 N–H and O–H groups in total. The Bertz CT molecular complexity index is 1460. The topological polar surface area (TPSA) is 97.0 Å². The van der Waals surface area contributed by atoms with Gasteiger partial charge in [-0.3, -0.25) is 0 Å². The highest BCUT2D eigenvalue weighted by molar-refractivity contribution is 5.88. The molecule has 35 heavy (non-hydrogen) atoms. The van der Waals surface area contributed by atoms with E-state index in [0.29, 0.717) is 23.6 Å². The van der Waals surface area contributed by atoms with Gasteiger partial charge in [0.25, 0.3) is 5.95 Å². The molecule has 10 heteroatoms. The van der Waals surface area contributed by atoms with Crippen molar-refractivity contribution >= 4 is 17.1 Å². The van der Waals surface area contributed by atoms with Gasteiger partial charge in [0, 0.05) is 12.7 Å². The number of halogens is 1. The van der Waals surface area contributed by atoms with Crippen LogP contribution in [-0.2, 0) is 17.9 Å². The number of hydrogen-bond donors (Lipinski definition) is 0. The van der Waals surface area contributed by atoms with Gasteiger partial charge in [0.1, 0.15) is 12.4 Å². The lowest BCUT2D eigenvalue weighted by Crippen LogP contribution is -2.08. The van der Waals surface area contributed by atoms with Crippen LogP contribution < -0.4 is 4.74 Å². The molecule has 0 radical (unpaired) electrons. The minimum atomic E-state index is -0.482. The van der Waals surface area contributed by atoms with Gasteiger partial charge in [0.15, 0.2) is 11.2 Å². The number of carbonyl (C=O) groups excluding carboxylic acids is 1. The van der Waals surface area contributed by atoms with E-state index in [1.165, 1.54) is 29.2 Å². The van der Waals surface area contributed by atoms with E-state index in [2.05, 4.69) is 20.1 Å². The molecule has 2 aromatic carbocycles. The number of hydrogen-bond acceptors (Lipinski definition) is 7. The summed E-state index contributed by atoms with van der Waals surface area (Å²) in [5, 5.41) is 4.20. The van der Waals surface area contributed by atoms with Gasteiger partial charge in [-0.1, -0.05) is 42.5 Å². The highest BCUT2D eigenvalue weighted by Gasteiger charge is 2.18. The Morgan fingerprint density at radius 1 is 1.03 bits per heavy atom. The zero-order valence-electron chi connectivity index (χ0n) is 18.8. The molecule has 0 unspecified atom stereocenters. The summed E-state index contributed by atoms with van der Waals surface area (Å²) in [6, 6.07) is 15.9. The maximum atomic E-state index is 13.3. The van der Waals surface area contributed by atoms with Gasteiger partial charge >= 0.3 is 5.97 Å². The van der Waals surface area contributed by atoms with Crippen LogP contribution in [0.1, 0.15) is 28.4 Å². The lowest BCUT2D eigenvalue weighted by molar-refractivity contribution is 0.0526. The quantitative estimate of drug-likeness (QED) is 0.316. The fourth-order valence-electron chi connectivity index (χ4n) is 3.52. The fourth-order valence-corrected chi connectivity index (χ4v) is 3.52. The summed E-state index contributed by atoms with van der Waals surface area (Å²) in [4.78, 5) is 25.6. The molecule has 176 valence electrons. The first-order valence-electron chi connectivity index (χ1n) is 11.0. The molecule has 0 aliphatic heterocycles. The van der Waals surface area contributed by atoms with E-state index in [0.717, 1.165) is 11.1 Å². The molecule has 5 aromatic rings. The van der Waals surface area contributed by atoms with Crippen molar-refractivity contribution in [2.75, 3.05) is 6.61 Å². The minimum absolute atomic E-state index is 0.197. The van der Waals surface area contributed by atoms with Crippen molar-refractivity contribution in [3.05, 3.63) is 95.8 Å². The second kappa shape index (κ2) is 9.72. The molecule has 0 bridgehead atoms. The van der Waals surface area contributed by atoms with Gasteiger partial charge in [-0.15, -0.1) is 0 Å². The smallest absolute Gasteiger partial charge is 0.341 e. The average Bonchev–Trinajstić information content (AvgIpc) is 3.53. The number of carbonyl (C=O) groups is 1. The van der Waals surface area contributed by atoms with E-state index < -0.39 is 5.97 Å². The standard InChI is InChI=1S/C25H21FN6O3/c1-2-34-24(33)19-12-28-32(14-19)25-29-22-21(23(30-25)35-15-18-6-4-3-5-7-18)31(16-27-22)13-17-8-10-20(26)11-9-17/h3-12,14,16H,2,13,15H2,1H3. The first kappa shape index (κ1) is 22.2. The molecule has 0 saturated carbocycles. The summed E-state index contributed by atoms with van der Waals surface area (Å²) in [7, 11) is 0. The predicted octanol–water partition coefficient (Wildman–Crippen LogP) is 3.96. The Hall–Kier alpha value is -4.60. The molecule has 0 spiro atoms. The normalized spacial score (nSPS) is 11.0. The molecule has 0 aliphatic carbocycles. The number of benzene rings is 2. The molecule has 0 amide bonds. The lowest BCUT2D eigenvalue weighted by Gasteiger charge is -2.11. The maximum absolute atomic E-state index is 13.3. The average molecular weight is 472 g/mol. The molecule has 3 heterocycles. The van der Waals surface area contributed by atoms with Crippen molar-refractivity contribution in [1.82, 2.24) is 29.3 Å². The molecule has 0 atom stereocenters. The molecule has 5 rings (SSSR count). The van der Waals surface area contributed by atoms with Crippen molar-refractivity contribution in [3.63, 3.8) is 0 Å². The second-order valence-corrected chi connectivity index (χ2v) is 7.67. The Morgan fingerprint density at radius 3 is 2.60 bits per heavy atom. The van der Waals surface area contributed by atoms with Crippen molar-refractivity contribution in [1.29, 1.82) is 0 Å². The second-order valence-electron chi connectivity index (χ2n) is 7.67. The monoisotopic (exact) mass is 472 g/mol. The summed E-state index contributed by atoms with van der Waals surface area (Å²) < 4.78 is 27.7. The fraction of sp³-hybridized carbons (Fsp3) is 0.160. The van der Waals surface area contributed by atoms with Crippen molar-refractivity contribution in [3.8, 4) is 11.8 Å². The van der Waals surface area contributed by atoms with E-state index in [-0.39, 0.29) is 30.5 Å². The molecular formula is C25H21FN6O3. The number of nitrogens with zero attached hydrogens (tertiary/aromatic N) is 6. The molecule has 0 fully saturated rings. The summed E-state index contributed by atoms with van der Waals surface area (Å²) in [6.45, 7) is 2.70. The highest BCUT2D eigenvalue weighted by Crippen LogP contribution is 2.25. The van der Waals surface area contributed by atoms with Crippen LogP contribution in [0.3, 0.4) is 0 Å². The first-order chi connectivity index (χ1) is 17.1. The Balaban J connectivity index is 1.53. The van der Waals surface area contributed by atoms with Gasteiger partial charge < -0.3 is 14.0 Å². The van der Waals surface area contributed by atoms with Crippen LogP contribution in [0, 0.1) is 5.82 Å². The van der Waals surface area contributed by atoms with Gasteiger partial charge in [0.05, 0.1) is 24.7 Å². The lowest BCUT2D eigenvalue weighted by atomic mass is 10.2. The minimum Gasteiger partial charge on any atom is -0.471 e. The van der Waals surface area contributed by atoms with Gasteiger partial charge in [-0.05, 0) is 30.2 Å². The van der Waals surface area contributed by atoms with Crippen LogP contribution in [0.2, 0.25) is 0 Å². The molecular weight excluding hydrogens is 451 g/mol. The van der Waals surface area contributed by atoms with Crippen molar-refractivity contribution in [2.45, 2.75) is 20.1 Å². The number of fused-ring (bicyclic) bond motifs is 1. The zero-order chi connectivity index (χ0) is 24.2. The van der Waals surface area contributed by atoms with Gasteiger partial charge in [-0.25, -0.2) is 18.9 Å². The third kappa shape index (κ3) is 4.86. The molecule has 0 saturated heterocycles. The highest BCUT2D eigenvalue weighted by atomic mass is 19.1. The van der Waals surface area contributed by atoms with Crippen LogP contribution in [-0.4, -0.2) is 41.9 Å². The number of aromatic nitrogens is 6. The van der Waals surface area contributed by atoms with Crippen LogP contribution in [0.15, 0.2) is 73.3 Å². The SMILES string of the molecule is CCOC(=O)c1cnn(-c2nc(OCc3ccccc3)c3c(ncn3Cc3ccc(F)cc3)n2)c1. The van der Waals surface area contributed by atoms with Crippen LogP contribution in [0.5, 0.6) is 5.88 Å². The van der Waals surface area contributed by atoms with Gasteiger partial charge in [-0.2, -0.15) is 15.1 Å². The van der Waals surface area contributed by atoms with E-state index in [4.69, 9.17) is 9.47 Å². The number of ether oxygens (including phenoxy) is 2. The first-order valence-corrected chi connectivity index (χ1v) is 11.0. The van der Waals surface area contributed by atoms with Crippen LogP contribution >= 0.6 is 0 Å². The van der Waals surface area contributed by atoms with Crippen molar-refractivity contribution in [2.24, 2.45) is 0 Å². The Morgan fingerprint density at radius 2 is 1.83 bits per heavy atom. The summed E-state index contributed by atoms with van der Waals surface area (Å²) in [5.74, 6) is -0.278. The van der Waals surface area contributed by atoms with Crippen LogP contribution in [0.25, 0.3) is 17.1 Å². The number of imidazole rings is 1. The Kier molecular flexibility index (Phi) is 6.16. The van der Waals surface area contributed by atoms with Crippen LogP contribution in [0.4, 0.5) is 4.39 Å². The van der Waals surface area contributed by atoms with E-state index in [9.17, 15) is 9.18 Å². The third-order valence-corrected chi connectivity index (χ3v) is 5.21. The summed E-state index contributed by atoms with van der Waals surface area (Å²) in [5.41, 5.74) is 3.12. The van der Waals surface area contributed by atoms with E-state index in [1.54, 1.807) is 25.4 Å². The maximum Gasteiger partial charge on any atom is 0.341 e. The summed E-state index contributed by atoms with van der Waals surface area (Å²) >= 11 is 0. The molecule has 9 nitrogen and oxygen atoms in total. The molecule has 3 aromatic heterocycles. The third-order valence-electron chi connectivity index (χ3n) is 5.21. The largest absolute Gasteiger partial charge is 0.471 e. The Labute approximate surface area is 199 Å². The van der Waals surface area contributed by atoms with E-state index >= 15 is 0 Å². The van der Waals surface area contributed by atoms with Crippen molar-refractivity contribution < 1.29 is 18.7 Å². The number of rotatable bonds is 8. The van der Waals surface area contributed by atoms with Gasteiger partial charge in [0.2, 0.25) is 5.88 Å². The molecule has 0 aliphatic rings. The van der Waals surface area contributed by atoms with E-state index in [1.807, 2.05) is 34.9 Å². The number of esters is 1.